The van der Waals surface area contributed by atoms with Gasteiger partial charge in [0.2, 0.25) is 0 Å². The number of benzene rings is 1. The third kappa shape index (κ3) is 3.53. The molecule has 0 aliphatic carbocycles. The summed E-state index contributed by atoms with van der Waals surface area (Å²) in [5.74, 6) is 1.63. The van der Waals surface area contributed by atoms with Crippen LogP contribution in [0.25, 0.3) is 0 Å². The monoisotopic (exact) mass is 221 g/mol. The van der Waals surface area contributed by atoms with E-state index in [0.717, 1.165) is 12.2 Å². The molecule has 1 aromatic rings. The average Bonchev–Trinajstić information content (AvgIpc) is 2.35. The van der Waals surface area contributed by atoms with Crippen molar-refractivity contribution in [1.82, 2.24) is 5.32 Å². The van der Waals surface area contributed by atoms with E-state index >= 15 is 0 Å². The molecule has 0 fully saturated rings. The predicted octanol–water partition coefficient (Wildman–Crippen LogP) is 2.87. The van der Waals surface area contributed by atoms with Gasteiger partial charge in [0, 0.05) is 6.04 Å². The number of hydrogen-bond donors (Lipinski definition) is 1. The zero-order valence-electron chi connectivity index (χ0n) is 10.8. The van der Waals surface area contributed by atoms with Gasteiger partial charge in [-0.1, -0.05) is 32.4 Å². The molecule has 2 heteroatoms. The predicted molar refractivity (Wildman–Crippen MR) is 69.0 cm³/mol. The maximum absolute atomic E-state index is 5.15. The zero-order valence-corrected chi connectivity index (χ0v) is 10.8. The maximum atomic E-state index is 5.15. The highest BCUT2D eigenvalue weighted by molar-refractivity contribution is 5.27. The highest BCUT2D eigenvalue weighted by Crippen LogP contribution is 2.16. The summed E-state index contributed by atoms with van der Waals surface area (Å²) in [7, 11) is 3.74. The molecule has 2 nitrogen and oxygen atoms in total. The summed E-state index contributed by atoms with van der Waals surface area (Å²) in [4.78, 5) is 0. The maximum Gasteiger partial charge on any atom is 0.118 e. The van der Waals surface area contributed by atoms with Crippen LogP contribution >= 0.6 is 0 Å². The van der Waals surface area contributed by atoms with E-state index in [1.807, 2.05) is 19.2 Å². The minimum atomic E-state index is 0.554. The van der Waals surface area contributed by atoms with Gasteiger partial charge in [-0.3, -0.25) is 0 Å². The van der Waals surface area contributed by atoms with Gasteiger partial charge in [0.25, 0.3) is 0 Å². The van der Waals surface area contributed by atoms with Crippen LogP contribution in [-0.2, 0) is 6.42 Å². The first kappa shape index (κ1) is 13.0. The quantitative estimate of drug-likeness (QED) is 0.797. The van der Waals surface area contributed by atoms with Gasteiger partial charge in [-0.25, -0.2) is 0 Å². The van der Waals surface area contributed by atoms with Crippen molar-refractivity contribution in [3.63, 3.8) is 0 Å². The van der Waals surface area contributed by atoms with Crippen molar-refractivity contribution in [2.24, 2.45) is 5.92 Å². The summed E-state index contributed by atoms with van der Waals surface area (Å²) >= 11 is 0. The Kier molecular flexibility index (Phi) is 5.33. The molecule has 1 rings (SSSR count). The van der Waals surface area contributed by atoms with Crippen molar-refractivity contribution in [3.8, 4) is 5.75 Å². The average molecular weight is 221 g/mol. The molecule has 0 saturated carbocycles. The van der Waals surface area contributed by atoms with Crippen LogP contribution in [0.4, 0.5) is 0 Å². The molecule has 2 atom stereocenters. The molecule has 1 N–H and O–H groups in total. The molecule has 1 aromatic carbocycles. The molecule has 0 aliphatic heterocycles. The number of likely N-dealkylation sites (N-methyl/N-ethyl adjacent to an activating group) is 1. The molecule has 0 bridgehead atoms. The summed E-state index contributed by atoms with van der Waals surface area (Å²) in [5, 5.41) is 3.40. The molecule has 0 radical (unpaired) electrons. The summed E-state index contributed by atoms with van der Waals surface area (Å²) in [5.41, 5.74) is 1.36. The van der Waals surface area contributed by atoms with Crippen molar-refractivity contribution < 1.29 is 4.74 Å². The second-order valence-electron chi connectivity index (χ2n) is 4.33. The van der Waals surface area contributed by atoms with Crippen molar-refractivity contribution in [2.75, 3.05) is 14.2 Å². The van der Waals surface area contributed by atoms with Crippen LogP contribution in [-0.4, -0.2) is 20.2 Å². The van der Waals surface area contributed by atoms with Crippen LogP contribution in [0.5, 0.6) is 5.75 Å². The van der Waals surface area contributed by atoms with E-state index < -0.39 is 0 Å². The largest absolute Gasteiger partial charge is 0.497 e. The minimum absolute atomic E-state index is 0.554. The molecule has 0 aliphatic rings. The van der Waals surface area contributed by atoms with E-state index in [9.17, 15) is 0 Å². The molecule has 90 valence electrons. The topological polar surface area (TPSA) is 21.3 Å². The summed E-state index contributed by atoms with van der Waals surface area (Å²) in [6.45, 7) is 4.54. The first-order valence-corrected chi connectivity index (χ1v) is 6.01. The third-order valence-electron chi connectivity index (χ3n) is 3.32. The number of hydrogen-bond acceptors (Lipinski definition) is 2. The van der Waals surface area contributed by atoms with Crippen LogP contribution in [0.15, 0.2) is 24.3 Å². The van der Waals surface area contributed by atoms with Crippen molar-refractivity contribution in [2.45, 2.75) is 32.7 Å². The SMILES string of the molecule is CCC(C)C(Cc1ccc(OC)cc1)NC. The Morgan fingerprint density at radius 3 is 2.31 bits per heavy atom. The molecular formula is C14H23NO. The Morgan fingerprint density at radius 1 is 1.25 bits per heavy atom. The van der Waals surface area contributed by atoms with Gasteiger partial charge in [-0.15, -0.1) is 0 Å². The van der Waals surface area contributed by atoms with E-state index in [0.29, 0.717) is 12.0 Å². The summed E-state index contributed by atoms with van der Waals surface area (Å²) in [6, 6.07) is 8.90. The Hall–Kier alpha value is -1.02. The highest BCUT2D eigenvalue weighted by Gasteiger charge is 2.13. The standard InChI is InChI=1S/C14H23NO/c1-5-11(2)14(15-3)10-12-6-8-13(16-4)9-7-12/h6-9,11,14-15H,5,10H2,1-4H3. The van der Waals surface area contributed by atoms with Crippen LogP contribution in [0.1, 0.15) is 25.8 Å². The number of rotatable bonds is 6. The lowest BCUT2D eigenvalue weighted by Gasteiger charge is -2.22. The molecule has 0 spiro atoms. The van der Waals surface area contributed by atoms with E-state index in [1.165, 1.54) is 12.0 Å². The third-order valence-corrected chi connectivity index (χ3v) is 3.32. The van der Waals surface area contributed by atoms with Gasteiger partial charge in [-0.2, -0.15) is 0 Å². The van der Waals surface area contributed by atoms with Gasteiger partial charge in [0.05, 0.1) is 7.11 Å². The highest BCUT2D eigenvalue weighted by atomic mass is 16.5. The molecular weight excluding hydrogens is 198 g/mol. The summed E-state index contributed by atoms with van der Waals surface area (Å²) in [6.07, 6.45) is 2.29. The van der Waals surface area contributed by atoms with Crippen molar-refractivity contribution in [3.05, 3.63) is 29.8 Å². The van der Waals surface area contributed by atoms with Crippen LogP contribution in [0.2, 0.25) is 0 Å². The van der Waals surface area contributed by atoms with Crippen molar-refractivity contribution in [1.29, 1.82) is 0 Å². The van der Waals surface area contributed by atoms with Gasteiger partial charge in [0.15, 0.2) is 0 Å². The Morgan fingerprint density at radius 2 is 1.88 bits per heavy atom. The Balaban J connectivity index is 2.63. The van der Waals surface area contributed by atoms with E-state index in [-0.39, 0.29) is 0 Å². The van der Waals surface area contributed by atoms with Crippen LogP contribution in [0, 0.1) is 5.92 Å². The second kappa shape index (κ2) is 6.54. The van der Waals surface area contributed by atoms with E-state index in [1.54, 1.807) is 7.11 Å². The van der Waals surface area contributed by atoms with Gasteiger partial charge >= 0.3 is 0 Å². The number of ether oxygens (including phenoxy) is 1. The fourth-order valence-electron chi connectivity index (χ4n) is 1.89. The zero-order chi connectivity index (χ0) is 12.0. The minimum Gasteiger partial charge on any atom is -0.497 e. The lowest BCUT2D eigenvalue weighted by molar-refractivity contribution is 0.386. The summed E-state index contributed by atoms with van der Waals surface area (Å²) < 4.78 is 5.15. The molecule has 0 saturated heterocycles. The van der Waals surface area contributed by atoms with Crippen LogP contribution < -0.4 is 10.1 Å². The molecule has 2 unspecified atom stereocenters. The van der Waals surface area contributed by atoms with Crippen LogP contribution in [0.3, 0.4) is 0 Å². The lowest BCUT2D eigenvalue weighted by atomic mass is 9.93. The molecule has 0 aromatic heterocycles. The molecule has 0 heterocycles. The fraction of sp³-hybridized carbons (Fsp3) is 0.571. The van der Waals surface area contributed by atoms with Gasteiger partial charge < -0.3 is 10.1 Å². The van der Waals surface area contributed by atoms with E-state index in [2.05, 4.69) is 31.3 Å². The first-order valence-electron chi connectivity index (χ1n) is 6.01. The normalized spacial score (nSPS) is 14.5. The van der Waals surface area contributed by atoms with E-state index in [4.69, 9.17) is 4.74 Å². The van der Waals surface area contributed by atoms with Gasteiger partial charge in [-0.05, 0) is 37.1 Å². The Labute approximate surface area is 99.0 Å². The molecule has 0 amide bonds. The van der Waals surface area contributed by atoms with Gasteiger partial charge in [0.1, 0.15) is 5.75 Å². The fourth-order valence-corrected chi connectivity index (χ4v) is 1.89. The first-order chi connectivity index (χ1) is 7.71. The smallest absolute Gasteiger partial charge is 0.118 e. The molecule has 16 heavy (non-hydrogen) atoms. The Bertz CT molecular complexity index is 294. The second-order valence-corrected chi connectivity index (χ2v) is 4.33. The lowest BCUT2D eigenvalue weighted by Crippen LogP contribution is -2.33. The number of methoxy groups -OCH3 is 1. The number of nitrogens with one attached hydrogen (secondary N) is 1. The van der Waals surface area contributed by atoms with Crippen molar-refractivity contribution >= 4 is 0 Å².